The first kappa shape index (κ1) is 21.6. The minimum Gasteiger partial charge on any atom is -0.0844 e. The molecule has 0 bridgehead atoms. The second-order valence-corrected chi connectivity index (χ2v) is 14.6. The van der Waals surface area contributed by atoms with Gasteiger partial charge in [0.05, 0.1) is 0 Å². The summed E-state index contributed by atoms with van der Waals surface area (Å²) in [6.07, 6.45) is 17.3. The molecule has 0 N–H and O–H groups in total. The van der Waals surface area contributed by atoms with Crippen molar-refractivity contribution in [3.8, 4) is 0 Å². The molecule has 30 heavy (non-hydrogen) atoms. The highest BCUT2D eigenvalue weighted by molar-refractivity contribution is 5.30. The van der Waals surface area contributed by atoms with Gasteiger partial charge in [-0.15, -0.1) is 0 Å². The Kier molecular flexibility index (Phi) is 4.61. The Hall–Kier alpha value is -0.260. The van der Waals surface area contributed by atoms with E-state index in [9.17, 15) is 0 Å². The average molecular weight is 411 g/mol. The van der Waals surface area contributed by atoms with E-state index in [2.05, 4.69) is 61.5 Å². The Labute approximate surface area is 188 Å². The molecule has 0 amide bonds. The summed E-state index contributed by atoms with van der Waals surface area (Å²) < 4.78 is 0. The number of hydrogen-bond acceptors (Lipinski definition) is 0. The lowest BCUT2D eigenvalue weighted by molar-refractivity contribution is -0.203. The van der Waals surface area contributed by atoms with Crippen LogP contribution in [0.25, 0.3) is 0 Å². The van der Waals surface area contributed by atoms with Gasteiger partial charge in [0.15, 0.2) is 0 Å². The molecule has 0 nitrogen and oxygen atoms in total. The maximum Gasteiger partial charge on any atom is -0.00796 e. The Bertz CT molecular complexity index is 741. The molecular formula is C30H50. The smallest absolute Gasteiger partial charge is 0.00796 e. The molecule has 0 aromatic carbocycles. The van der Waals surface area contributed by atoms with Crippen LogP contribution in [0.4, 0.5) is 0 Å². The molecule has 0 spiro atoms. The molecule has 0 saturated heterocycles. The van der Waals surface area contributed by atoms with E-state index in [0.29, 0.717) is 27.1 Å². The van der Waals surface area contributed by atoms with E-state index in [1.165, 1.54) is 64.2 Å². The van der Waals surface area contributed by atoms with Crippen LogP contribution >= 0.6 is 0 Å². The Morgan fingerprint density at radius 3 is 2.07 bits per heavy atom. The molecule has 5 aliphatic carbocycles. The molecular weight excluding hydrogens is 360 g/mol. The van der Waals surface area contributed by atoms with Crippen molar-refractivity contribution in [2.45, 2.75) is 120 Å². The lowest BCUT2D eigenvalue weighted by atomic mass is 9.33. The molecule has 8 atom stereocenters. The first-order valence-corrected chi connectivity index (χ1v) is 13.6. The first-order chi connectivity index (χ1) is 13.9. The van der Waals surface area contributed by atoms with E-state index in [1.54, 1.807) is 0 Å². The minimum atomic E-state index is 0.471. The largest absolute Gasteiger partial charge is 0.0844 e. The van der Waals surface area contributed by atoms with Crippen molar-refractivity contribution >= 4 is 0 Å². The molecule has 5 rings (SSSR count). The fourth-order valence-electron chi connectivity index (χ4n) is 11.2. The third kappa shape index (κ3) is 2.46. The van der Waals surface area contributed by atoms with E-state index in [4.69, 9.17) is 0 Å². The molecule has 0 heterocycles. The predicted octanol–water partition coefficient (Wildman–Crippen LogP) is 9.05. The summed E-state index contributed by atoms with van der Waals surface area (Å²) in [5, 5.41) is 0. The SMILES string of the molecule is CC(C)C1CCC2C1(C)CCC1(C)C3CCC4C(=CCCC4(C)C)C3(C)CCC21C. The molecule has 0 aromatic rings. The summed E-state index contributed by atoms with van der Waals surface area (Å²) in [6.45, 7) is 21.2. The van der Waals surface area contributed by atoms with Gasteiger partial charge in [0, 0.05) is 0 Å². The summed E-state index contributed by atoms with van der Waals surface area (Å²) in [5.74, 6) is 4.52. The monoisotopic (exact) mass is 410 g/mol. The second kappa shape index (κ2) is 6.41. The third-order valence-corrected chi connectivity index (χ3v) is 13.0. The van der Waals surface area contributed by atoms with Crippen LogP contribution in [0.2, 0.25) is 0 Å². The highest BCUT2D eigenvalue weighted by atomic mass is 14.7. The van der Waals surface area contributed by atoms with Crippen LogP contribution in [0.3, 0.4) is 0 Å². The highest BCUT2D eigenvalue weighted by Crippen LogP contribution is 2.78. The predicted molar refractivity (Wildman–Crippen MR) is 129 cm³/mol. The van der Waals surface area contributed by atoms with Crippen molar-refractivity contribution in [3.05, 3.63) is 11.6 Å². The van der Waals surface area contributed by atoms with Crippen LogP contribution in [-0.2, 0) is 0 Å². The summed E-state index contributed by atoms with van der Waals surface area (Å²) in [5.41, 5.74) is 4.58. The summed E-state index contributed by atoms with van der Waals surface area (Å²) in [4.78, 5) is 0. The summed E-state index contributed by atoms with van der Waals surface area (Å²) in [6, 6.07) is 0. The average Bonchev–Trinajstić information content (AvgIpc) is 3.02. The number of hydrogen-bond donors (Lipinski definition) is 0. The molecule has 4 saturated carbocycles. The number of fused-ring (bicyclic) bond motifs is 7. The van der Waals surface area contributed by atoms with Crippen LogP contribution < -0.4 is 0 Å². The van der Waals surface area contributed by atoms with E-state index in [0.717, 1.165) is 29.6 Å². The van der Waals surface area contributed by atoms with E-state index in [-0.39, 0.29) is 0 Å². The fourth-order valence-corrected chi connectivity index (χ4v) is 11.2. The maximum absolute atomic E-state index is 2.78. The van der Waals surface area contributed by atoms with Gasteiger partial charge in [-0.2, -0.15) is 0 Å². The van der Waals surface area contributed by atoms with Gasteiger partial charge in [0.2, 0.25) is 0 Å². The van der Waals surface area contributed by atoms with Crippen molar-refractivity contribution in [3.63, 3.8) is 0 Å². The van der Waals surface area contributed by atoms with Gasteiger partial charge in [0.25, 0.3) is 0 Å². The molecule has 0 radical (unpaired) electrons. The number of rotatable bonds is 1. The van der Waals surface area contributed by atoms with Crippen molar-refractivity contribution in [2.24, 2.45) is 56.7 Å². The maximum atomic E-state index is 2.78. The van der Waals surface area contributed by atoms with Crippen molar-refractivity contribution in [2.75, 3.05) is 0 Å². The summed E-state index contributed by atoms with van der Waals surface area (Å²) in [7, 11) is 0. The van der Waals surface area contributed by atoms with Gasteiger partial charge in [0.1, 0.15) is 0 Å². The molecule has 5 aliphatic rings. The van der Waals surface area contributed by atoms with E-state index < -0.39 is 0 Å². The van der Waals surface area contributed by atoms with Gasteiger partial charge < -0.3 is 0 Å². The highest BCUT2D eigenvalue weighted by Gasteiger charge is 2.69. The molecule has 170 valence electrons. The van der Waals surface area contributed by atoms with Crippen molar-refractivity contribution < 1.29 is 0 Å². The minimum absolute atomic E-state index is 0.471. The number of allylic oxidation sites excluding steroid dienone is 2. The van der Waals surface area contributed by atoms with Gasteiger partial charge in [-0.25, -0.2) is 0 Å². The van der Waals surface area contributed by atoms with Gasteiger partial charge in [-0.3, -0.25) is 0 Å². The second-order valence-electron chi connectivity index (χ2n) is 14.6. The third-order valence-electron chi connectivity index (χ3n) is 13.0. The Morgan fingerprint density at radius 1 is 0.733 bits per heavy atom. The zero-order valence-electron chi connectivity index (χ0n) is 21.5. The van der Waals surface area contributed by atoms with E-state index in [1.807, 2.05) is 5.57 Å². The van der Waals surface area contributed by atoms with Crippen molar-refractivity contribution in [1.29, 1.82) is 0 Å². The molecule has 4 fully saturated rings. The molecule has 0 aromatic heterocycles. The zero-order chi connectivity index (χ0) is 21.7. The van der Waals surface area contributed by atoms with Crippen LogP contribution in [0.1, 0.15) is 120 Å². The molecule has 8 unspecified atom stereocenters. The Morgan fingerprint density at radius 2 is 1.37 bits per heavy atom. The lowest BCUT2D eigenvalue weighted by Crippen LogP contribution is -2.63. The van der Waals surface area contributed by atoms with Crippen LogP contribution in [0, 0.1) is 56.7 Å². The van der Waals surface area contributed by atoms with Crippen LogP contribution in [-0.4, -0.2) is 0 Å². The zero-order valence-corrected chi connectivity index (χ0v) is 21.5. The van der Waals surface area contributed by atoms with Crippen molar-refractivity contribution in [1.82, 2.24) is 0 Å². The standard InChI is InChI=1S/C30H50/c1-20(2)21-11-13-24-27(21,5)16-18-30(8)25-14-12-22-23(10-9-15-26(22,3)4)28(25,6)17-19-29(24,30)7/h10,20-22,24-25H,9,11-19H2,1-8H3. The Balaban J connectivity index is 1.54. The normalized spacial score (nSPS) is 54.6. The summed E-state index contributed by atoms with van der Waals surface area (Å²) >= 11 is 0. The topological polar surface area (TPSA) is 0 Å². The molecule has 0 aliphatic heterocycles. The van der Waals surface area contributed by atoms with Gasteiger partial charge in [-0.05, 0) is 121 Å². The van der Waals surface area contributed by atoms with E-state index >= 15 is 0 Å². The quantitative estimate of drug-likeness (QED) is 0.378. The van der Waals surface area contributed by atoms with Gasteiger partial charge >= 0.3 is 0 Å². The fraction of sp³-hybridized carbons (Fsp3) is 0.933. The first-order valence-electron chi connectivity index (χ1n) is 13.6. The van der Waals surface area contributed by atoms with Crippen LogP contribution in [0.5, 0.6) is 0 Å². The van der Waals surface area contributed by atoms with Crippen LogP contribution in [0.15, 0.2) is 11.6 Å². The van der Waals surface area contributed by atoms with Gasteiger partial charge in [-0.1, -0.05) is 67.0 Å². The lowest BCUT2D eigenvalue weighted by Gasteiger charge is -2.71. The molecule has 0 heteroatoms.